The Hall–Kier alpha value is -2.35. The van der Waals surface area contributed by atoms with Crippen LogP contribution in [-0.4, -0.2) is 46.5 Å². The average Bonchev–Trinajstić information content (AvgIpc) is 2.42. The fourth-order valence-corrected chi connectivity index (χ4v) is 1.44. The summed E-state index contributed by atoms with van der Waals surface area (Å²) in [5.74, 6) is -0.891. The Labute approximate surface area is 115 Å². The van der Waals surface area contributed by atoms with Gasteiger partial charge in [0.2, 0.25) is 5.88 Å². The number of hydrogen-bond donors (Lipinski definition) is 4. The predicted molar refractivity (Wildman–Crippen MR) is 69.3 cm³/mol. The SMILES string of the molecule is COc1cc(CNC(=O)N[C@H](C(=O)O)[C@@H](C)O)ccn1. The molecule has 0 unspecified atom stereocenters. The number of aliphatic hydroxyl groups excluding tert-OH is 1. The molecule has 20 heavy (non-hydrogen) atoms. The van der Waals surface area contributed by atoms with Crippen LogP contribution in [0.3, 0.4) is 0 Å². The van der Waals surface area contributed by atoms with Crippen molar-refractivity contribution >= 4 is 12.0 Å². The first-order valence-electron chi connectivity index (χ1n) is 5.88. The number of carbonyl (C=O) groups is 2. The minimum absolute atomic E-state index is 0.177. The quantitative estimate of drug-likeness (QED) is 0.570. The van der Waals surface area contributed by atoms with E-state index in [0.717, 1.165) is 5.56 Å². The van der Waals surface area contributed by atoms with Gasteiger partial charge in [-0.15, -0.1) is 0 Å². The van der Waals surface area contributed by atoms with E-state index in [9.17, 15) is 14.7 Å². The summed E-state index contributed by atoms with van der Waals surface area (Å²) in [7, 11) is 1.48. The van der Waals surface area contributed by atoms with E-state index in [1.54, 1.807) is 12.1 Å². The summed E-state index contributed by atoms with van der Waals surface area (Å²) in [6.07, 6.45) is 0.336. The van der Waals surface area contributed by atoms with Crippen LogP contribution in [0.5, 0.6) is 5.88 Å². The number of carboxylic acid groups (broad SMARTS) is 1. The van der Waals surface area contributed by atoms with E-state index in [0.29, 0.717) is 5.88 Å². The number of carboxylic acids is 1. The molecule has 8 nitrogen and oxygen atoms in total. The first-order valence-corrected chi connectivity index (χ1v) is 5.88. The lowest BCUT2D eigenvalue weighted by Crippen LogP contribution is -2.50. The van der Waals surface area contributed by atoms with Crippen molar-refractivity contribution in [2.75, 3.05) is 7.11 Å². The van der Waals surface area contributed by atoms with Crippen LogP contribution in [0.1, 0.15) is 12.5 Å². The molecule has 1 aromatic heterocycles. The molecule has 1 rings (SSSR count). The number of aliphatic hydroxyl groups is 1. The van der Waals surface area contributed by atoms with E-state index in [2.05, 4.69) is 15.6 Å². The van der Waals surface area contributed by atoms with Gasteiger partial charge in [0.25, 0.3) is 0 Å². The lowest BCUT2D eigenvalue weighted by atomic mass is 10.2. The molecular weight excluding hydrogens is 266 g/mol. The van der Waals surface area contributed by atoms with Crippen LogP contribution in [0.25, 0.3) is 0 Å². The fourth-order valence-electron chi connectivity index (χ4n) is 1.44. The molecule has 2 atom stereocenters. The Morgan fingerprint density at radius 3 is 2.75 bits per heavy atom. The van der Waals surface area contributed by atoms with Crippen LogP contribution >= 0.6 is 0 Å². The minimum Gasteiger partial charge on any atom is -0.481 e. The number of nitrogens with one attached hydrogen (secondary N) is 2. The highest BCUT2D eigenvalue weighted by molar-refractivity contribution is 5.82. The number of methoxy groups -OCH3 is 1. The van der Waals surface area contributed by atoms with E-state index >= 15 is 0 Å². The van der Waals surface area contributed by atoms with Gasteiger partial charge < -0.3 is 25.6 Å². The summed E-state index contributed by atoms with van der Waals surface area (Å²) in [6.45, 7) is 1.46. The van der Waals surface area contributed by atoms with E-state index in [-0.39, 0.29) is 6.54 Å². The van der Waals surface area contributed by atoms with Gasteiger partial charge in [-0.1, -0.05) is 0 Å². The van der Waals surface area contributed by atoms with Crippen LogP contribution in [-0.2, 0) is 11.3 Å². The topological polar surface area (TPSA) is 121 Å². The maximum absolute atomic E-state index is 11.5. The van der Waals surface area contributed by atoms with Crippen molar-refractivity contribution in [3.63, 3.8) is 0 Å². The number of rotatable bonds is 6. The molecular formula is C12H17N3O5. The van der Waals surface area contributed by atoms with Gasteiger partial charge in [-0.3, -0.25) is 0 Å². The molecule has 8 heteroatoms. The monoisotopic (exact) mass is 283 g/mol. The zero-order valence-electron chi connectivity index (χ0n) is 11.2. The Kier molecular flexibility index (Phi) is 5.73. The van der Waals surface area contributed by atoms with Crippen molar-refractivity contribution in [2.45, 2.75) is 25.6 Å². The number of amides is 2. The van der Waals surface area contributed by atoms with Gasteiger partial charge in [0.1, 0.15) is 0 Å². The van der Waals surface area contributed by atoms with Crippen LogP contribution in [0, 0.1) is 0 Å². The number of aromatic nitrogens is 1. The standard InChI is InChI=1S/C12H17N3O5/c1-7(16)10(11(17)18)15-12(19)14-6-8-3-4-13-9(5-8)20-2/h3-5,7,10,16H,6H2,1-2H3,(H,17,18)(H2,14,15,19)/t7-,10+/m1/s1. The molecule has 0 spiro atoms. The second-order valence-electron chi connectivity index (χ2n) is 4.09. The second kappa shape index (κ2) is 7.29. The molecule has 1 aromatic rings. The van der Waals surface area contributed by atoms with E-state index < -0.39 is 24.1 Å². The molecule has 4 N–H and O–H groups in total. The lowest BCUT2D eigenvalue weighted by Gasteiger charge is -2.17. The summed E-state index contributed by atoms with van der Waals surface area (Å²) >= 11 is 0. The summed E-state index contributed by atoms with van der Waals surface area (Å²) in [5, 5.41) is 22.7. The van der Waals surface area contributed by atoms with Crippen molar-refractivity contribution in [3.8, 4) is 5.88 Å². The summed E-state index contributed by atoms with van der Waals surface area (Å²) in [6, 6.07) is 1.28. The largest absolute Gasteiger partial charge is 0.481 e. The Bertz CT molecular complexity index is 478. The van der Waals surface area contributed by atoms with Gasteiger partial charge in [0.15, 0.2) is 6.04 Å². The van der Waals surface area contributed by atoms with Crippen LogP contribution < -0.4 is 15.4 Å². The third-order valence-electron chi connectivity index (χ3n) is 2.50. The zero-order valence-corrected chi connectivity index (χ0v) is 11.2. The smallest absolute Gasteiger partial charge is 0.328 e. The summed E-state index contributed by atoms with van der Waals surface area (Å²) < 4.78 is 4.94. The molecule has 0 saturated carbocycles. The van der Waals surface area contributed by atoms with Crippen molar-refractivity contribution in [1.29, 1.82) is 0 Å². The third-order valence-corrected chi connectivity index (χ3v) is 2.50. The molecule has 1 heterocycles. The van der Waals surface area contributed by atoms with E-state index in [1.807, 2.05) is 0 Å². The molecule has 0 aliphatic heterocycles. The molecule has 0 fully saturated rings. The molecule has 0 radical (unpaired) electrons. The van der Waals surface area contributed by atoms with Crippen LogP contribution in [0.2, 0.25) is 0 Å². The minimum atomic E-state index is -1.36. The van der Waals surface area contributed by atoms with Crippen molar-refractivity contribution in [2.24, 2.45) is 0 Å². The van der Waals surface area contributed by atoms with Crippen LogP contribution in [0.15, 0.2) is 18.3 Å². The maximum atomic E-state index is 11.5. The fraction of sp³-hybridized carbons (Fsp3) is 0.417. The molecule has 0 aromatic carbocycles. The number of aliphatic carboxylic acids is 1. The molecule has 0 aliphatic carbocycles. The predicted octanol–water partition coefficient (Wildman–Crippen LogP) is -0.277. The zero-order chi connectivity index (χ0) is 15.1. The van der Waals surface area contributed by atoms with Gasteiger partial charge in [-0.2, -0.15) is 0 Å². The van der Waals surface area contributed by atoms with Crippen LogP contribution in [0.4, 0.5) is 4.79 Å². The maximum Gasteiger partial charge on any atom is 0.328 e. The Morgan fingerprint density at radius 2 is 2.20 bits per heavy atom. The van der Waals surface area contributed by atoms with Crippen molar-refractivity contribution in [1.82, 2.24) is 15.6 Å². The van der Waals surface area contributed by atoms with Gasteiger partial charge in [-0.25, -0.2) is 14.6 Å². The lowest BCUT2D eigenvalue weighted by molar-refractivity contribution is -0.141. The number of nitrogens with zero attached hydrogens (tertiary/aromatic N) is 1. The Morgan fingerprint density at radius 1 is 1.50 bits per heavy atom. The summed E-state index contributed by atoms with van der Waals surface area (Å²) in [4.78, 5) is 26.3. The molecule has 0 aliphatic rings. The average molecular weight is 283 g/mol. The highest BCUT2D eigenvalue weighted by Crippen LogP contribution is 2.07. The first-order chi connectivity index (χ1) is 9.43. The number of pyridine rings is 1. The number of hydrogen-bond acceptors (Lipinski definition) is 5. The molecule has 2 amide bonds. The highest BCUT2D eigenvalue weighted by Gasteiger charge is 2.24. The number of urea groups is 1. The van der Waals surface area contributed by atoms with E-state index in [1.165, 1.54) is 20.2 Å². The summed E-state index contributed by atoms with van der Waals surface area (Å²) in [5.41, 5.74) is 0.746. The first kappa shape index (κ1) is 15.7. The number of carbonyl (C=O) groups excluding carboxylic acids is 1. The molecule has 110 valence electrons. The molecule has 0 saturated heterocycles. The van der Waals surface area contributed by atoms with Crippen molar-refractivity contribution < 1.29 is 24.5 Å². The third kappa shape index (κ3) is 4.73. The van der Waals surface area contributed by atoms with Gasteiger partial charge in [0.05, 0.1) is 13.2 Å². The van der Waals surface area contributed by atoms with Gasteiger partial charge in [0, 0.05) is 18.8 Å². The Balaban J connectivity index is 2.52. The molecule has 0 bridgehead atoms. The highest BCUT2D eigenvalue weighted by atomic mass is 16.5. The normalized spacial score (nSPS) is 13.2. The van der Waals surface area contributed by atoms with E-state index in [4.69, 9.17) is 9.84 Å². The second-order valence-corrected chi connectivity index (χ2v) is 4.09. The van der Waals surface area contributed by atoms with Crippen molar-refractivity contribution in [3.05, 3.63) is 23.9 Å². The van der Waals surface area contributed by atoms with Gasteiger partial charge >= 0.3 is 12.0 Å². The van der Waals surface area contributed by atoms with Gasteiger partial charge in [-0.05, 0) is 18.6 Å². The number of ether oxygens (including phenoxy) is 1.